The Morgan fingerprint density at radius 1 is 0.972 bits per heavy atom. The van der Waals surface area contributed by atoms with E-state index < -0.39 is 15.6 Å². The van der Waals surface area contributed by atoms with Gasteiger partial charge in [-0.2, -0.15) is 0 Å². The molecule has 3 aromatic rings. The highest BCUT2D eigenvalue weighted by Gasteiger charge is 2.53. The van der Waals surface area contributed by atoms with Gasteiger partial charge in [-0.25, -0.2) is 13.1 Å². The van der Waals surface area contributed by atoms with Gasteiger partial charge >= 0.3 is 0 Å². The number of nitrogens with one attached hydrogen (secondary N) is 1. The van der Waals surface area contributed by atoms with Crippen LogP contribution in [0.2, 0.25) is 0 Å². The van der Waals surface area contributed by atoms with Crippen molar-refractivity contribution in [2.45, 2.75) is 41.1 Å². The van der Waals surface area contributed by atoms with Crippen molar-refractivity contribution in [2.24, 2.45) is 0 Å². The van der Waals surface area contributed by atoms with Crippen molar-refractivity contribution in [3.05, 3.63) is 94.5 Å². The number of sulfonamides is 1. The molecule has 1 saturated heterocycles. The fourth-order valence-electron chi connectivity index (χ4n) is 6.89. The molecule has 2 N–H and O–H groups in total. The first-order valence-electron chi connectivity index (χ1n) is 12.6. The maximum atomic E-state index is 12.7. The number of benzene rings is 3. The number of nitrogens with zero attached hydrogens (tertiary/aromatic N) is 1. The van der Waals surface area contributed by atoms with E-state index in [9.17, 15) is 13.5 Å². The Bertz CT molecular complexity index is 1380. The molecule has 0 spiro atoms. The van der Waals surface area contributed by atoms with Crippen LogP contribution >= 0.6 is 0 Å². The van der Waals surface area contributed by atoms with Crippen LogP contribution in [0.25, 0.3) is 0 Å². The molecule has 36 heavy (non-hydrogen) atoms. The second-order valence-electron chi connectivity index (χ2n) is 10.4. The SMILES string of the molecule is CNS(=O)(=O)c1ccc(OC)cc1C1(O)CCN(CC23CC(c4ccccc42)c2ccccc23)CC1. The van der Waals surface area contributed by atoms with E-state index in [-0.39, 0.29) is 10.3 Å². The molecule has 0 aromatic heterocycles. The predicted molar refractivity (Wildman–Crippen MR) is 139 cm³/mol. The van der Waals surface area contributed by atoms with Crippen molar-refractivity contribution in [3.63, 3.8) is 0 Å². The standard InChI is InChI=1S/C29H32N2O4S/c1-30-36(33,34)27-12-11-20(35-2)17-26(27)29(32)13-15-31(16-14-29)19-28-18-23(21-7-3-5-9-24(21)28)22-8-4-6-10-25(22)28/h3-12,17,23,30,32H,13-16,18-19H2,1-2H3. The van der Waals surface area contributed by atoms with Crippen LogP contribution in [0.5, 0.6) is 5.75 Å². The summed E-state index contributed by atoms with van der Waals surface area (Å²) in [5, 5.41) is 11.8. The minimum atomic E-state index is -3.73. The summed E-state index contributed by atoms with van der Waals surface area (Å²) in [4.78, 5) is 2.56. The number of methoxy groups -OCH3 is 1. The zero-order valence-electron chi connectivity index (χ0n) is 20.7. The highest BCUT2D eigenvalue weighted by atomic mass is 32.2. The molecule has 0 atom stereocenters. The Morgan fingerprint density at radius 3 is 2.17 bits per heavy atom. The lowest BCUT2D eigenvalue weighted by atomic mass is 9.74. The Balaban J connectivity index is 1.30. The summed E-state index contributed by atoms with van der Waals surface area (Å²) in [6, 6.07) is 22.5. The molecular formula is C29H32N2O4S. The molecule has 188 valence electrons. The van der Waals surface area contributed by atoms with Crippen molar-refractivity contribution in [3.8, 4) is 5.75 Å². The van der Waals surface area contributed by atoms with Crippen LogP contribution in [0, 0.1) is 0 Å². The molecule has 1 aliphatic heterocycles. The third-order valence-corrected chi connectivity index (χ3v) is 10.2. The van der Waals surface area contributed by atoms with Gasteiger partial charge in [0, 0.05) is 36.5 Å². The number of aliphatic hydroxyl groups is 1. The van der Waals surface area contributed by atoms with Gasteiger partial charge in [0.15, 0.2) is 0 Å². The summed E-state index contributed by atoms with van der Waals surface area (Å²) in [7, 11) is -0.792. The first-order valence-corrected chi connectivity index (χ1v) is 14.1. The molecular weight excluding hydrogens is 472 g/mol. The van der Waals surface area contributed by atoms with Gasteiger partial charge in [-0.05, 0) is 66.8 Å². The van der Waals surface area contributed by atoms with Gasteiger partial charge in [-0.1, -0.05) is 48.5 Å². The lowest BCUT2D eigenvalue weighted by molar-refractivity contribution is -0.0312. The van der Waals surface area contributed by atoms with Gasteiger partial charge in [-0.15, -0.1) is 0 Å². The summed E-state index contributed by atoms with van der Waals surface area (Å²) in [6.45, 7) is 2.26. The van der Waals surface area contributed by atoms with Crippen molar-refractivity contribution in [1.29, 1.82) is 0 Å². The second kappa shape index (κ2) is 8.42. The number of hydrogen-bond acceptors (Lipinski definition) is 5. The lowest BCUT2D eigenvalue weighted by Gasteiger charge is -2.43. The highest BCUT2D eigenvalue weighted by Crippen LogP contribution is 2.60. The number of likely N-dealkylation sites (tertiary alicyclic amines) is 1. The number of piperidine rings is 1. The molecule has 2 aliphatic carbocycles. The van der Waals surface area contributed by atoms with Gasteiger partial charge in [0.05, 0.1) is 17.6 Å². The van der Waals surface area contributed by atoms with Gasteiger partial charge in [-0.3, -0.25) is 0 Å². The predicted octanol–water partition coefficient (Wildman–Crippen LogP) is 3.72. The van der Waals surface area contributed by atoms with E-state index in [2.05, 4.69) is 58.2 Å². The topological polar surface area (TPSA) is 78.9 Å². The van der Waals surface area contributed by atoms with Gasteiger partial charge in [0.2, 0.25) is 10.0 Å². The first kappa shape index (κ1) is 23.7. The number of ether oxygens (including phenoxy) is 1. The average molecular weight is 505 g/mol. The Hall–Kier alpha value is -2.71. The minimum absolute atomic E-state index is 0.0378. The van der Waals surface area contributed by atoms with E-state index in [4.69, 9.17) is 4.74 Å². The van der Waals surface area contributed by atoms with Crippen LogP contribution < -0.4 is 9.46 Å². The highest BCUT2D eigenvalue weighted by molar-refractivity contribution is 7.89. The fraction of sp³-hybridized carbons (Fsp3) is 0.379. The molecule has 6 rings (SSSR count). The van der Waals surface area contributed by atoms with Crippen LogP contribution in [0.4, 0.5) is 0 Å². The monoisotopic (exact) mass is 504 g/mol. The van der Waals surface area contributed by atoms with Crippen LogP contribution in [0.3, 0.4) is 0 Å². The molecule has 0 saturated carbocycles. The molecule has 6 nitrogen and oxygen atoms in total. The Morgan fingerprint density at radius 2 is 1.58 bits per heavy atom. The molecule has 7 heteroatoms. The molecule has 3 aliphatic rings. The van der Waals surface area contributed by atoms with Crippen molar-refractivity contribution < 1.29 is 18.3 Å². The number of rotatable bonds is 6. The van der Waals surface area contributed by atoms with Crippen LogP contribution in [-0.2, 0) is 21.0 Å². The van der Waals surface area contributed by atoms with Crippen molar-refractivity contribution in [2.75, 3.05) is 33.8 Å². The Labute approximate surface area is 213 Å². The molecule has 0 unspecified atom stereocenters. The van der Waals surface area contributed by atoms with E-state index in [1.165, 1.54) is 35.4 Å². The van der Waals surface area contributed by atoms with E-state index in [1.54, 1.807) is 19.2 Å². The quantitative estimate of drug-likeness (QED) is 0.535. The van der Waals surface area contributed by atoms with Crippen LogP contribution in [-0.4, -0.2) is 52.2 Å². The van der Waals surface area contributed by atoms with Crippen molar-refractivity contribution >= 4 is 10.0 Å². The summed E-state index contributed by atoms with van der Waals surface area (Å²) in [5.74, 6) is 0.983. The number of hydrogen-bond donors (Lipinski definition) is 2. The Kier molecular flexibility index (Phi) is 5.53. The average Bonchev–Trinajstić information content (AvgIpc) is 3.42. The van der Waals surface area contributed by atoms with Gasteiger partial charge in [0.1, 0.15) is 5.75 Å². The normalized spacial score (nSPS) is 24.4. The van der Waals surface area contributed by atoms with Gasteiger partial charge < -0.3 is 14.7 Å². The fourth-order valence-corrected chi connectivity index (χ4v) is 7.89. The smallest absolute Gasteiger partial charge is 0.240 e. The first-order chi connectivity index (χ1) is 17.3. The summed E-state index contributed by atoms with van der Waals surface area (Å²) >= 11 is 0. The molecule has 1 fully saturated rings. The summed E-state index contributed by atoms with van der Waals surface area (Å²) < 4.78 is 33.3. The molecule has 1 heterocycles. The van der Waals surface area contributed by atoms with Crippen molar-refractivity contribution in [1.82, 2.24) is 9.62 Å². The summed E-state index contributed by atoms with van der Waals surface area (Å²) in [6.07, 6.45) is 2.00. The lowest BCUT2D eigenvalue weighted by Crippen LogP contribution is -2.48. The molecule has 0 amide bonds. The summed E-state index contributed by atoms with van der Waals surface area (Å²) in [5.41, 5.74) is 4.89. The van der Waals surface area contributed by atoms with Crippen LogP contribution in [0.1, 0.15) is 53.0 Å². The minimum Gasteiger partial charge on any atom is -0.497 e. The maximum Gasteiger partial charge on any atom is 0.240 e. The maximum absolute atomic E-state index is 12.7. The largest absolute Gasteiger partial charge is 0.497 e. The van der Waals surface area contributed by atoms with Gasteiger partial charge in [0.25, 0.3) is 0 Å². The zero-order valence-corrected chi connectivity index (χ0v) is 21.5. The van der Waals surface area contributed by atoms with E-state index in [1.807, 2.05) is 0 Å². The second-order valence-corrected chi connectivity index (χ2v) is 12.2. The van der Waals surface area contributed by atoms with E-state index >= 15 is 0 Å². The molecule has 3 aromatic carbocycles. The molecule has 2 bridgehead atoms. The third kappa shape index (κ3) is 3.44. The van der Waals surface area contributed by atoms with Crippen LogP contribution in [0.15, 0.2) is 71.6 Å². The number of fused-ring (bicyclic) bond motifs is 8. The third-order valence-electron chi connectivity index (χ3n) is 8.68. The zero-order chi connectivity index (χ0) is 25.1. The molecule has 0 radical (unpaired) electrons. The van der Waals surface area contributed by atoms with E-state index in [0.29, 0.717) is 43.2 Å². The van der Waals surface area contributed by atoms with E-state index in [0.717, 1.165) is 13.0 Å².